The zero-order chi connectivity index (χ0) is 20.9. The first-order chi connectivity index (χ1) is 13.9. The number of carbonyl (C=O) groups excluding carboxylic acids is 3. The van der Waals surface area contributed by atoms with Crippen molar-refractivity contribution in [2.45, 2.75) is 30.2 Å². The normalized spacial score (nSPS) is 17.4. The molecule has 0 aliphatic carbocycles. The maximum atomic E-state index is 12.9. The van der Waals surface area contributed by atoms with Gasteiger partial charge in [-0.3, -0.25) is 19.7 Å². The molecule has 0 radical (unpaired) electrons. The molecule has 29 heavy (non-hydrogen) atoms. The third kappa shape index (κ3) is 5.08. The number of piperidine rings is 1. The zero-order valence-electron chi connectivity index (χ0n) is 15.4. The fourth-order valence-corrected chi connectivity index (χ4v) is 5.31. The molecule has 1 fully saturated rings. The van der Waals surface area contributed by atoms with Crippen LogP contribution in [0, 0.1) is 0 Å². The Kier molecular flexibility index (Phi) is 6.78. The van der Waals surface area contributed by atoms with Gasteiger partial charge in [0.25, 0.3) is 11.8 Å². The van der Waals surface area contributed by atoms with E-state index in [2.05, 4.69) is 5.32 Å². The van der Waals surface area contributed by atoms with Gasteiger partial charge < -0.3 is 4.74 Å². The molecule has 3 rings (SSSR count). The molecule has 1 N–H and O–H groups in total. The van der Waals surface area contributed by atoms with Gasteiger partial charge >= 0.3 is 5.97 Å². The highest BCUT2D eigenvalue weighted by molar-refractivity contribution is 7.89. The van der Waals surface area contributed by atoms with Crippen LogP contribution in [0.3, 0.4) is 0 Å². The molecule has 154 valence electrons. The quantitative estimate of drug-likeness (QED) is 0.692. The summed E-state index contributed by atoms with van der Waals surface area (Å²) in [6.07, 6.45) is 1.61. The van der Waals surface area contributed by atoms with Crippen LogP contribution in [0.15, 0.2) is 52.7 Å². The van der Waals surface area contributed by atoms with Crippen LogP contribution in [-0.4, -0.2) is 49.7 Å². The number of hydrogen-bond donors (Lipinski definition) is 1. The zero-order valence-corrected chi connectivity index (χ0v) is 17.1. The standard InChI is InChI=1S/C19H20N2O6S2/c22-17(20-18(23)16-10-6-12-28-16)13-27-19(24)15-9-4-5-11-21(15)29(25,26)14-7-2-1-3-8-14/h1-3,6-8,10,12,15H,4-5,9,11,13H2,(H,20,22,23)/t15-/m1/s1. The van der Waals surface area contributed by atoms with Crippen LogP contribution >= 0.6 is 11.3 Å². The van der Waals surface area contributed by atoms with Crippen LogP contribution in [0.2, 0.25) is 0 Å². The molecule has 0 unspecified atom stereocenters. The number of ether oxygens (including phenoxy) is 1. The average molecular weight is 437 g/mol. The lowest BCUT2D eigenvalue weighted by atomic mass is 10.1. The second-order valence-corrected chi connectivity index (χ2v) is 9.24. The van der Waals surface area contributed by atoms with E-state index >= 15 is 0 Å². The number of nitrogens with one attached hydrogen (secondary N) is 1. The number of sulfonamides is 1. The van der Waals surface area contributed by atoms with Crippen molar-refractivity contribution in [3.8, 4) is 0 Å². The van der Waals surface area contributed by atoms with Crippen molar-refractivity contribution in [2.75, 3.05) is 13.2 Å². The van der Waals surface area contributed by atoms with E-state index in [0.717, 1.165) is 4.31 Å². The van der Waals surface area contributed by atoms with Gasteiger partial charge in [0.2, 0.25) is 10.0 Å². The Hall–Kier alpha value is -2.56. The van der Waals surface area contributed by atoms with E-state index in [4.69, 9.17) is 4.74 Å². The van der Waals surface area contributed by atoms with Crippen LogP contribution in [-0.2, 0) is 24.3 Å². The Morgan fingerprint density at radius 1 is 1.10 bits per heavy atom. The van der Waals surface area contributed by atoms with E-state index in [1.165, 1.54) is 23.5 Å². The van der Waals surface area contributed by atoms with Gasteiger partial charge in [0.15, 0.2) is 6.61 Å². The Bertz CT molecular complexity index is 973. The average Bonchev–Trinajstić information content (AvgIpc) is 3.28. The molecule has 1 aliphatic heterocycles. The lowest BCUT2D eigenvalue weighted by Crippen LogP contribution is -2.49. The lowest BCUT2D eigenvalue weighted by Gasteiger charge is -2.32. The van der Waals surface area contributed by atoms with Crippen LogP contribution in [0.25, 0.3) is 0 Å². The van der Waals surface area contributed by atoms with Gasteiger partial charge in [-0.05, 0) is 42.8 Å². The lowest BCUT2D eigenvalue weighted by molar-refractivity contribution is -0.153. The van der Waals surface area contributed by atoms with Gasteiger partial charge in [-0.2, -0.15) is 4.31 Å². The van der Waals surface area contributed by atoms with Crippen LogP contribution in [0.1, 0.15) is 28.9 Å². The van der Waals surface area contributed by atoms with Gasteiger partial charge in [0.1, 0.15) is 6.04 Å². The van der Waals surface area contributed by atoms with Crippen LogP contribution in [0.4, 0.5) is 0 Å². The Balaban J connectivity index is 1.62. The maximum absolute atomic E-state index is 12.9. The van der Waals surface area contributed by atoms with Crippen molar-refractivity contribution >= 4 is 39.1 Å². The summed E-state index contributed by atoms with van der Waals surface area (Å²) in [5, 5.41) is 3.83. The molecule has 0 spiro atoms. The predicted molar refractivity (Wildman–Crippen MR) is 106 cm³/mol. The topological polar surface area (TPSA) is 110 Å². The first-order valence-corrected chi connectivity index (χ1v) is 11.3. The minimum absolute atomic E-state index is 0.0963. The number of hydrogen-bond acceptors (Lipinski definition) is 7. The van der Waals surface area contributed by atoms with Crippen molar-refractivity contribution in [1.82, 2.24) is 9.62 Å². The van der Waals surface area contributed by atoms with Crippen molar-refractivity contribution in [3.05, 3.63) is 52.7 Å². The van der Waals surface area contributed by atoms with Crippen molar-refractivity contribution in [3.63, 3.8) is 0 Å². The largest absolute Gasteiger partial charge is 0.454 e. The Morgan fingerprint density at radius 2 is 1.86 bits per heavy atom. The molecule has 8 nitrogen and oxygen atoms in total. The minimum Gasteiger partial charge on any atom is -0.454 e. The summed E-state index contributed by atoms with van der Waals surface area (Å²) in [6.45, 7) is -0.467. The molecular weight excluding hydrogens is 416 g/mol. The van der Waals surface area contributed by atoms with Gasteiger partial charge in [-0.1, -0.05) is 24.3 Å². The fraction of sp³-hybridized carbons (Fsp3) is 0.316. The molecule has 1 aliphatic rings. The van der Waals surface area contributed by atoms with Crippen LogP contribution in [0.5, 0.6) is 0 Å². The van der Waals surface area contributed by atoms with Gasteiger partial charge in [-0.15, -0.1) is 11.3 Å². The number of benzene rings is 1. The van der Waals surface area contributed by atoms with Gasteiger partial charge in [-0.25, -0.2) is 8.42 Å². The third-order valence-corrected chi connectivity index (χ3v) is 7.21. The summed E-state index contributed by atoms with van der Waals surface area (Å²) in [6, 6.07) is 10.1. The van der Waals surface area contributed by atoms with E-state index < -0.39 is 40.5 Å². The molecule has 2 aromatic rings. The highest BCUT2D eigenvalue weighted by Crippen LogP contribution is 2.26. The number of imide groups is 1. The van der Waals surface area contributed by atoms with E-state index in [9.17, 15) is 22.8 Å². The number of amides is 2. The Morgan fingerprint density at radius 3 is 2.55 bits per heavy atom. The predicted octanol–water partition coefficient (Wildman–Crippen LogP) is 1.79. The summed E-state index contributed by atoms with van der Waals surface area (Å²) in [4.78, 5) is 36.7. The van der Waals surface area contributed by atoms with Gasteiger partial charge in [0, 0.05) is 6.54 Å². The molecule has 1 aromatic carbocycles. The molecule has 2 amide bonds. The summed E-state index contributed by atoms with van der Waals surface area (Å²) in [7, 11) is -3.86. The molecular formula is C19H20N2O6S2. The number of thiophene rings is 1. The van der Waals surface area contributed by atoms with Crippen molar-refractivity contribution in [1.29, 1.82) is 0 Å². The van der Waals surface area contributed by atoms with E-state index in [1.54, 1.807) is 35.7 Å². The monoisotopic (exact) mass is 436 g/mol. The minimum atomic E-state index is -3.86. The second-order valence-electron chi connectivity index (χ2n) is 6.40. The van der Waals surface area contributed by atoms with Gasteiger partial charge in [0.05, 0.1) is 9.77 Å². The fourth-order valence-electron chi connectivity index (χ4n) is 3.02. The highest BCUT2D eigenvalue weighted by Gasteiger charge is 2.38. The van der Waals surface area contributed by atoms with E-state index in [0.29, 0.717) is 24.1 Å². The number of carbonyl (C=O) groups is 3. The van der Waals surface area contributed by atoms with Crippen LogP contribution < -0.4 is 5.32 Å². The summed E-state index contributed by atoms with van der Waals surface area (Å²) in [5.41, 5.74) is 0. The summed E-state index contributed by atoms with van der Waals surface area (Å²) >= 11 is 1.18. The number of rotatable bonds is 6. The van der Waals surface area contributed by atoms with E-state index in [1.807, 2.05) is 0 Å². The highest BCUT2D eigenvalue weighted by atomic mass is 32.2. The first-order valence-electron chi connectivity index (χ1n) is 9.01. The summed E-state index contributed by atoms with van der Waals surface area (Å²) in [5.74, 6) is -2.15. The van der Waals surface area contributed by atoms with E-state index in [-0.39, 0.29) is 11.4 Å². The third-order valence-electron chi connectivity index (χ3n) is 4.42. The molecule has 1 atom stereocenters. The molecule has 1 aromatic heterocycles. The SMILES string of the molecule is O=C(COC(=O)[C@H]1CCCCN1S(=O)(=O)c1ccccc1)NC(=O)c1cccs1. The molecule has 0 saturated carbocycles. The first kappa shape index (κ1) is 21.2. The van der Waals surface area contributed by atoms with Crippen molar-refractivity contribution < 1.29 is 27.5 Å². The second kappa shape index (κ2) is 9.29. The van der Waals surface area contributed by atoms with Crippen molar-refractivity contribution in [2.24, 2.45) is 0 Å². The molecule has 10 heteroatoms. The Labute approximate surface area is 172 Å². The molecule has 2 heterocycles. The number of nitrogens with zero attached hydrogens (tertiary/aromatic N) is 1. The smallest absolute Gasteiger partial charge is 0.324 e. The summed E-state index contributed by atoms with van der Waals surface area (Å²) < 4.78 is 32.0. The molecule has 0 bridgehead atoms. The molecule has 1 saturated heterocycles. The maximum Gasteiger partial charge on any atom is 0.324 e. The number of esters is 1.